The van der Waals surface area contributed by atoms with Gasteiger partial charge in [-0.1, -0.05) is 12.1 Å². The number of methoxy groups -OCH3 is 1. The van der Waals surface area contributed by atoms with Crippen molar-refractivity contribution in [1.82, 2.24) is 10.9 Å². The van der Waals surface area contributed by atoms with Crippen molar-refractivity contribution >= 4 is 35.1 Å². The summed E-state index contributed by atoms with van der Waals surface area (Å²) in [7, 11) is 1.58. The number of carbonyl (C=O) groups is 2. The molecule has 0 atom stereocenters. The summed E-state index contributed by atoms with van der Waals surface area (Å²) >= 11 is 1.03. The molecule has 0 amide bonds. The fourth-order valence-corrected chi connectivity index (χ4v) is 2.86. The Bertz CT molecular complexity index is 825. The quantitative estimate of drug-likeness (QED) is 0.267. The van der Waals surface area contributed by atoms with Crippen molar-refractivity contribution in [3.8, 4) is 5.75 Å². The molecule has 1 saturated heterocycles. The standard InChI is InChI=1S/C16H16N4O5S/c1-16(2)24-13(21)11(14(22)25-16)12-18-20-15(26-12)19-17-8-9-5-4-6-10(7-9)23-3/h4-8,18H,1-3H3,(H,19,20)/b17-8+. The second-order valence-electron chi connectivity index (χ2n) is 5.66. The molecule has 0 aromatic heterocycles. The van der Waals surface area contributed by atoms with E-state index in [2.05, 4.69) is 21.1 Å². The van der Waals surface area contributed by atoms with Crippen LogP contribution in [0.3, 0.4) is 0 Å². The number of nitrogens with zero attached hydrogens (tertiary/aromatic N) is 2. The molecule has 26 heavy (non-hydrogen) atoms. The van der Waals surface area contributed by atoms with Crippen LogP contribution in [0.25, 0.3) is 0 Å². The van der Waals surface area contributed by atoms with Gasteiger partial charge in [-0.25, -0.2) is 9.59 Å². The number of benzene rings is 1. The minimum Gasteiger partial charge on any atom is -0.497 e. The van der Waals surface area contributed by atoms with Crippen LogP contribution in [0.1, 0.15) is 19.4 Å². The number of carbonyl (C=O) groups excluding carboxylic acids is 2. The van der Waals surface area contributed by atoms with Gasteiger partial charge in [0.2, 0.25) is 5.17 Å². The first-order valence-electron chi connectivity index (χ1n) is 7.53. The molecule has 2 aliphatic rings. The van der Waals surface area contributed by atoms with Crippen LogP contribution in [0, 0.1) is 0 Å². The lowest BCUT2D eigenvalue weighted by molar-refractivity contribution is -0.222. The van der Waals surface area contributed by atoms with E-state index >= 15 is 0 Å². The number of cyclic esters (lactones) is 2. The summed E-state index contributed by atoms with van der Waals surface area (Å²) in [5, 5.41) is 8.61. The molecular formula is C16H16N4O5S. The zero-order chi connectivity index (χ0) is 18.7. The van der Waals surface area contributed by atoms with E-state index in [4.69, 9.17) is 14.2 Å². The van der Waals surface area contributed by atoms with Gasteiger partial charge in [0.1, 0.15) is 10.8 Å². The molecule has 0 aliphatic carbocycles. The fourth-order valence-electron chi connectivity index (χ4n) is 2.12. The predicted molar refractivity (Wildman–Crippen MR) is 95.2 cm³/mol. The van der Waals surface area contributed by atoms with Gasteiger partial charge in [0, 0.05) is 13.8 Å². The SMILES string of the molecule is COc1cccc(/C=N/NC2=NNC(=C3C(=O)OC(C)(C)OC3=O)S2)c1. The van der Waals surface area contributed by atoms with Gasteiger partial charge in [-0.3, -0.25) is 10.9 Å². The minimum atomic E-state index is -1.29. The molecule has 2 aliphatic heterocycles. The van der Waals surface area contributed by atoms with Gasteiger partial charge in [-0.2, -0.15) is 5.10 Å². The Morgan fingerprint density at radius 2 is 2.04 bits per heavy atom. The fraction of sp³-hybridized carbons (Fsp3) is 0.250. The van der Waals surface area contributed by atoms with Crippen LogP contribution in [0.4, 0.5) is 0 Å². The number of amidine groups is 1. The Morgan fingerprint density at radius 3 is 2.73 bits per heavy atom. The maximum atomic E-state index is 12.0. The summed E-state index contributed by atoms with van der Waals surface area (Å²) in [5.41, 5.74) is 5.92. The van der Waals surface area contributed by atoms with Crippen molar-refractivity contribution < 1.29 is 23.8 Å². The molecule has 2 N–H and O–H groups in total. The van der Waals surface area contributed by atoms with Crippen molar-refractivity contribution in [2.45, 2.75) is 19.6 Å². The number of ether oxygens (including phenoxy) is 3. The molecule has 2 heterocycles. The third-order valence-electron chi connectivity index (χ3n) is 3.24. The lowest BCUT2D eigenvalue weighted by atomic mass is 10.2. The number of nitrogens with one attached hydrogen (secondary N) is 2. The minimum absolute atomic E-state index is 0.217. The molecule has 0 bridgehead atoms. The Morgan fingerprint density at radius 1 is 1.31 bits per heavy atom. The van der Waals surface area contributed by atoms with Crippen LogP contribution in [0.2, 0.25) is 0 Å². The zero-order valence-electron chi connectivity index (χ0n) is 14.2. The molecule has 1 aromatic carbocycles. The molecule has 3 rings (SSSR count). The highest BCUT2D eigenvalue weighted by atomic mass is 32.2. The van der Waals surface area contributed by atoms with E-state index < -0.39 is 17.7 Å². The van der Waals surface area contributed by atoms with E-state index in [9.17, 15) is 9.59 Å². The van der Waals surface area contributed by atoms with E-state index in [1.165, 1.54) is 13.8 Å². The first-order chi connectivity index (χ1) is 12.4. The van der Waals surface area contributed by atoms with Crippen LogP contribution >= 0.6 is 11.8 Å². The molecule has 136 valence electrons. The molecular weight excluding hydrogens is 360 g/mol. The van der Waals surface area contributed by atoms with Crippen molar-refractivity contribution in [2.24, 2.45) is 10.2 Å². The molecule has 10 heteroatoms. The second-order valence-corrected chi connectivity index (χ2v) is 6.66. The molecule has 0 spiro atoms. The first-order valence-corrected chi connectivity index (χ1v) is 8.35. The van der Waals surface area contributed by atoms with E-state index in [0.717, 1.165) is 17.3 Å². The molecule has 0 unspecified atom stereocenters. The lowest BCUT2D eigenvalue weighted by Gasteiger charge is -2.30. The van der Waals surface area contributed by atoms with Crippen molar-refractivity contribution in [3.63, 3.8) is 0 Å². The second kappa shape index (κ2) is 7.08. The van der Waals surface area contributed by atoms with Crippen LogP contribution in [-0.2, 0) is 19.1 Å². The third kappa shape index (κ3) is 3.97. The number of thioether (sulfide) groups is 1. The van der Waals surface area contributed by atoms with Crippen molar-refractivity contribution in [2.75, 3.05) is 7.11 Å². The van der Waals surface area contributed by atoms with Gasteiger partial charge in [0.05, 0.1) is 13.3 Å². The largest absolute Gasteiger partial charge is 0.497 e. The van der Waals surface area contributed by atoms with Gasteiger partial charge < -0.3 is 14.2 Å². The average Bonchev–Trinajstić information content (AvgIpc) is 3.01. The number of esters is 2. The van der Waals surface area contributed by atoms with Crippen LogP contribution in [-0.4, -0.2) is 36.2 Å². The van der Waals surface area contributed by atoms with E-state index in [0.29, 0.717) is 10.9 Å². The average molecular weight is 376 g/mol. The van der Waals surface area contributed by atoms with Crippen molar-refractivity contribution in [1.29, 1.82) is 0 Å². The molecule has 9 nitrogen and oxygen atoms in total. The summed E-state index contributed by atoms with van der Waals surface area (Å²) in [6.07, 6.45) is 1.59. The number of hydrazone groups is 2. The Balaban J connectivity index is 1.64. The summed E-state index contributed by atoms with van der Waals surface area (Å²) in [6.45, 7) is 2.96. The molecule has 0 radical (unpaired) electrons. The number of hydrogen-bond acceptors (Lipinski definition) is 10. The normalized spacial score (nSPS) is 19.0. The van der Waals surface area contributed by atoms with Crippen LogP contribution in [0.15, 0.2) is 45.1 Å². The highest BCUT2D eigenvalue weighted by Gasteiger charge is 2.42. The van der Waals surface area contributed by atoms with Gasteiger partial charge in [-0.05, 0) is 29.5 Å². The van der Waals surface area contributed by atoms with Gasteiger partial charge in [0.15, 0.2) is 5.57 Å². The summed E-state index contributed by atoms with van der Waals surface area (Å²) in [5.74, 6) is -2.10. The number of hydrogen-bond donors (Lipinski definition) is 2. The summed E-state index contributed by atoms with van der Waals surface area (Å²) in [6, 6.07) is 7.34. The van der Waals surface area contributed by atoms with E-state index in [-0.39, 0.29) is 10.6 Å². The third-order valence-corrected chi connectivity index (χ3v) is 4.11. The Hall–Kier alpha value is -3.01. The Kier molecular flexibility index (Phi) is 4.85. The van der Waals surface area contributed by atoms with Gasteiger partial charge >= 0.3 is 11.9 Å². The predicted octanol–water partition coefficient (Wildman–Crippen LogP) is 1.27. The highest BCUT2D eigenvalue weighted by Crippen LogP contribution is 2.30. The lowest BCUT2D eigenvalue weighted by Crippen LogP contribution is -2.42. The molecule has 1 aromatic rings. The van der Waals surface area contributed by atoms with Crippen LogP contribution < -0.4 is 15.6 Å². The van der Waals surface area contributed by atoms with Crippen LogP contribution in [0.5, 0.6) is 5.75 Å². The summed E-state index contributed by atoms with van der Waals surface area (Å²) in [4.78, 5) is 24.1. The topological polar surface area (TPSA) is 111 Å². The highest BCUT2D eigenvalue weighted by molar-refractivity contribution is 8.17. The van der Waals surface area contributed by atoms with E-state index in [1.807, 2.05) is 24.3 Å². The van der Waals surface area contributed by atoms with E-state index in [1.54, 1.807) is 13.3 Å². The first kappa shape index (κ1) is 17.8. The molecule has 0 saturated carbocycles. The number of rotatable bonds is 3. The maximum Gasteiger partial charge on any atom is 0.351 e. The Labute approximate surface area is 153 Å². The molecule has 1 fully saturated rings. The zero-order valence-corrected chi connectivity index (χ0v) is 15.0. The van der Waals surface area contributed by atoms with Gasteiger partial charge in [0.25, 0.3) is 5.79 Å². The maximum absolute atomic E-state index is 12.0. The monoisotopic (exact) mass is 376 g/mol. The summed E-state index contributed by atoms with van der Waals surface area (Å²) < 4.78 is 15.3. The van der Waals surface area contributed by atoms with Crippen molar-refractivity contribution in [3.05, 3.63) is 40.4 Å². The smallest absolute Gasteiger partial charge is 0.351 e. The van der Waals surface area contributed by atoms with Gasteiger partial charge in [-0.15, -0.1) is 5.10 Å².